The van der Waals surface area contributed by atoms with E-state index >= 15 is 0 Å². The van der Waals surface area contributed by atoms with Crippen LogP contribution in [0.5, 0.6) is 11.8 Å². The first-order valence-electron chi connectivity index (χ1n) is 9.35. The number of carbonyl (C=O) groups excluding carboxylic acids is 1. The Hall–Kier alpha value is -3.46. The van der Waals surface area contributed by atoms with Gasteiger partial charge in [-0.2, -0.15) is 9.97 Å². The van der Waals surface area contributed by atoms with Crippen LogP contribution < -0.4 is 14.8 Å². The molecule has 0 radical (unpaired) electrons. The van der Waals surface area contributed by atoms with Crippen LogP contribution in [0.2, 0.25) is 0 Å². The lowest BCUT2D eigenvalue weighted by molar-refractivity contribution is -0.116. The lowest BCUT2D eigenvalue weighted by Gasteiger charge is -2.18. The Balaban J connectivity index is 1.59. The minimum absolute atomic E-state index is 0.0718. The number of aromatic nitrogens is 2. The normalized spacial score (nSPS) is 13.3. The Morgan fingerprint density at radius 1 is 1.00 bits per heavy atom. The number of carbonyl (C=O) groups is 1. The highest BCUT2D eigenvalue weighted by Gasteiger charge is 2.22. The van der Waals surface area contributed by atoms with Crippen molar-refractivity contribution >= 4 is 27.3 Å². The van der Waals surface area contributed by atoms with E-state index in [0.717, 1.165) is 5.56 Å². The van der Waals surface area contributed by atoms with Crippen molar-refractivity contribution in [2.45, 2.75) is 31.6 Å². The molecule has 0 bridgehead atoms. The summed E-state index contributed by atoms with van der Waals surface area (Å²) in [6.45, 7) is 3.37. The van der Waals surface area contributed by atoms with Crippen molar-refractivity contribution in [3.63, 3.8) is 0 Å². The van der Waals surface area contributed by atoms with Gasteiger partial charge in [0, 0.05) is 12.1 Å². The summed E-state index contributed by atoms with van der Waals surface area (Å²) in [5, 5.41) is 2.74. The van der Waals surface area contributed by atoms with E-state index in [2.05, 4.69) is 20.0 Å². The molecule has 4 rings (SSSR count). The predicted octanol–water partition coefficient (Wildman–Crippen LogP) is 3.57. The van der Waals surface area contributed by atoms with Gasteiger partial charge in [0.25, 0.3) is 10.0 Å². The molecule has 9 heteroatoms. The van der Waals surface area contributed by atoms with Gasteiger partial charge in [-0.05, 0) is 56.2 Å². The van der Waals surface area contributed by atoms with Gasteiger partial charge >= 0.3 is 6.01 Å². The molecule has 30 heavy (non-hydrogen) atoms. The summed E-state index contributed by atoms with van der Waals surface area (Å²) >= 11 is 0. The summed E-state index contributed by atoms with van der Waals surface area (Å²) in [5.74, 6) is 0.517. The first-order chi connectivity index (χ1) is 14.3. The van der Waals surface area contributed by atoms with E-state index in [-0.39, 0.29) is 16.8 Å². The van der Waals surface area contributed by atoms with E-state index in [9.17, 15) is 13.2 Å². The van der Waals surface area contributed by atoms with Crippen molar-refractivity contribution in [1.29, 1.82) is 0 Å². The average Bonchev–Trinajstić information content (AvgIpc) is 2.71. The number of anilines is 2. The monoisotopic (exact) mass is 424 g/mol. The Morgan fingerprint density at radius 2 is 1.70 bits per heavy atom. The summed E-state index contributed by atoms with van der Waals surface area (Å²) in [6.07, 6.45) is 0.829. The minimum Gasteiger partial charge on any atom is -0.424 e. The zero-order valence-corrected chi connectivity index (χ0v) is 17.3. The summed E-state index contributed by atoms with van der Waals surface area (Å²) < 4.78 is 34.1. The van der Waals surface area contributed by atoms with Crippen LogP contribution in [0.15, 0.2) is 53.4 Å². The van der Waals surface area contributed by atoms with Crippen LogP contribution in [0.25, 0.3) is 0 Å². The van der Waals surface area contributed by atoms with Crippen LogP contribution in [-0.2, 0) is 21.2 Å². The lowest BCUT2D eigenvalue weighted by atomic mass is 10.0. The maximum Gasteiger partial charge on any atom is 0.322 e. The zero-order chi connectivity index (χ0) is 21.3. The van der Waals surface area contributed by atoms with E-state index in [1.165, 1.54) is 6.07 Å². The standard InChI is InChI=1S/C21H20N4O4S/c1-13-20(14(2)23-21(22-13)29-16-6-4-3-5-7-16)25-30(27,28)17-9-10-18-15(12-17)8-11-19(26)24-18/h3-7,9-10,12,25H,8,11H2,1-2H3,(H,24,26). The number of para-hydroxylation sites is 1. The van der Waals surface area contributed by atoms with Crippen LogP contribution in [0.1, 0.15) is 23.4 Å². The van der Waals surface area contributed by atoms with Crippen LogP contribution in [-0.4, -0.2) is 24.3 Å². The largest absolute Gasteiger partial charge is 0.424 e. The number of aryl methyl sites for hydroxylation is 3. The highest BCUT2D eigenvalue weighted by molar-refractivity contribution is 7.92. The number of hydrogen-bond acceptors (Lipinski definition) is 6. The molecule has 1 amide bonds. The fourth-order valence-electron chi connectivity index (χ4n) is 3.19. The van der Waals surface area contributed by atoms with Gasteiger partial charge in [-0.1, -0.05) is 18.2 Å². The van der Waals surface area contributed by atoms with E-state index in [1.807, 2.05) is 18.2 Å². The van der Waals surface area contributed by atoms with Gasteiger partial charge in [0.2, 0.25) is 5.91 Å². The maximum atomic E-state index is 12.9. The molecule has 0 saturated heterocycles. The molecule has 1 aliphatic rings. The van der Waals surface area contributed by atoms with Crippen molar-refractivity contribution in [2.24, 2.45) is 0 Å². The molecule has 8 nitrogen and oxygen atoms in total. The van der Waals surface area contributed by atoms with Gasteiger partial charge in [0.15, 0.2) is 0 Å². The molecule has 2 N–H and O–H groups in total. The third-order valence-corrected chi connectivity index (χ3v) is 6.07. The van der Waals surface area contributed by atoms with Gasteiger partial charge in [0.1, 0.15) is 5.75 Å². The topological polar surface area (TPSA) is 110 Å². The molecule has 1 aliphatic heterocycles. The molecule has 0 unspecified atom stereocenters. The molecule has 0 fully saturated rings. The second-order valence-electron chi connectivity index (χ2n) is 6.94. The van der Waals surface area contributed by atoms with Crippen molar-refractivity contribution in [2.75, 3.05) is 10.0 Å². The van der Waals surface area contributed by atoms with Crippen molar-refractivity contribution in [3.05, 3.63) is 65.5 Å². The molecule has 0 saturated carbocycles. The molecule has 2 heterocycles. The smallest absolute Gasteiger partial charge is 0.322 e. The van der Waals surface area contributed by atoms with Gasteiger partial charge in [0.05, 0.1) is 22.0 Å². The highest BCUT2D eigenvalue weighted by Crippen LogP contribution is 2.28. The Bertz CT molecular complexity index is 1200. The summed E-state index contributed by atoms with van der Waals surface area (Å²) in [5.41, 5.74) is 2.63. The highest BCUT2D eigenvalue weighted by atomic mass is 32.2. The lowest BCUT2D eigenvalue weighted by Crippen LogP contribution is -2.20. The van der Waals surface area contributed by atoms with Crippen molar-refractivity contribution in [3.8, 4) is 11.8 Å². The minimum atomic E-state index is -3.86. The molecule has 0 atom stereocenters. The predicted molar refractivity (Wildman–Crippen MR) is 112 cm³/mol. The van der Waals surface area contributed by atoms with E-state index < -0.39 is 10.0 Å². The molecule has 3 aromatic rings. The van der Waals surface area contributed by atoms with Gasteiger partial charge in [-0.25, -0.2) is 8.42 Å². The molecule has 154 valence electrons. The Morgan fingerprint density at radius 3 is 2.40 bits per heavy atom. The third kappa shape index (κ3) is 4.11. The molecule has 0 aliphatic carbocycles. The molecule has 0 spiro atoms. The van der Waals surface area contributed by atoms with Gasteiger partial charge < -0.3 is 10.1 Å². The Kier molecular flexibility index (Phi) is 5.13. The number of nitrogens with one attached hydrogen (secondary N) is 2. The maximum absolute atomic E-state index is 12.9. The van der Waals surface area contributed by atoms with E-state index in [0.29, 0.717) is 41.4 Å². The molecule has 1 aromatic heterocycles. The summed E-state index contributed by atoms with van der Waals surface area (Å²) in [6, 6.07) is 13.9. The number of benzene rings is 2. The SMILES string of the molecule is Cc1nc(Oc2ccccc2)nc(C)c1NS(=O)(=O)c1ccc2c(c1)CCC(=O)N2. The third-order valence-electron chi connectivity index (χ3n) is 4.72. The van der Waals surface area contributed by atoms with Crippen LogP contribution in [0.4, 0.5) is 11.4 Å². The zero-order valence-electron chi connectivity index (χ0n) is 16.5. The summed E-state index contributed by atoms with van der Waals surface area (Å²) in [7, 11) is -3.86. The first-order valence-corrected chi connectivity index (χ1v) is 10.8. The second-order valence-corrected chi connectivity index (χ2v) is 8.62. The van der Waals surface area contributed by atoms with E-state index in [1.54, 1.807) is 38.1 Å². The first kappa shape index (κ1) is 19.8. The number of rotatable bonds is 5. The van der Waals surface area contributed by atoms with Crippen LogP contribution >= 0.6 is 0 Å². The number of sulfonamides is 1. The molecular formula is C21H20N4O4S. The number of ether oxygens (including phenoxy) is 1. The Labute approximate surface area is 174 Å². The quantitative estimate of drug-likeness (QED) is 0.648. The fraction of sp³-hybridized carbons (Fsp3) is 0.190. The van der Waals surface area contributed by atoms with Crippen molar-refractivity contribution in [1.82, 2.24) is 9.97 Å². The number of hydrogen-bond donors (Lipinski definition) is 2. The van der Waals surface area contributed by atoms with Crippen LogP contribution in [0.3, 0.4) is 0 Å². The number of amides is 1. The molecular weight excluding hydrogens is 404 g/mol. The van der Waals surface area contributed by atoms with Gasteiger partial charge in [-0.15, -0.1) is 0 Å². The summed E-state index contributed by atoms with van der Waals surface area (Å²) in [4.78, 5) is 20.2. The van der Waals surface area contributed by atoms with Crippen LogP contribution in [0, 0.1) is 13.8 Å². The number of fused-ring (bicyclic) bond motifs is 1. The molecule has 2 aromatic carbocycles. The number of nitrogens with zero attached hydrogens (tertiary/aromatic N) is 2. The fourth-order valence-corrected chi connectivity index (χ4v) is 4.42. The van der Waals surface area contributed by atoms with Crippen molar-refractivity contribution < 1.29 is 17.9 Å². The van der Waals surface area contributed by atoms with Gasteiger partial charge in [-0.3, -0.25) is 9.52 Å². The average molecular weight is 424 g/mol. The van der Waals surface area contributed by atoms with E-state index in [4.69, 9.17) is 4.74 Å². The second kappa shape index (κ2) is 7.75.